The summed E-state index contributed by atoms with van der Waals surface area (Å²) in [6.45, 7) is 5.91. The zero-order chi connectivity index (χ0) is 17.5. The third kappa shape index (κ3) is 4.75. The molecule has 0 heterocycles. The van der Waals surface area contributed by atoms with Gasteiger partial charge in [0.25, 0.3) is 5.91 Å². The Balaban J connectivity index is 2.06. The Morgan fingerprint density at radius 1 is 1.12 bits per heavy atom. The number of ether oxygens (including phenoxy) is 1. The van der Waals surface area contributed by atoms with Crippen molar-refractivity contribution in [1.29, 1.82) is 0 Å². The number of amides is 1. The Kier molecular flexibility index (Phi) is 6.68. The number of nitrogens with one attached hydrogen (secondary N) is 1. The molecule has 0 saturated heterocycles. The van der Waals surface area contributed by atoms with Crippen LogP contribution in [0.3, 0.4) is 0 Å². The maximum Gasteiger partial charge on any atom is 0.261 e. The summed E-state index contributed by atoms with van der Waals surface area (Å²) < 4.78 is 5.87. The van der Waals surface area contributed by atoms with Gasteiger partial charge in [0.2, 0.25) is 0 Å². The van der Waals surface area contributed by atoms with Crippen molar-refractivity contribution in [3.8, 4) is 5.75 Å². The Morgan fingerprint density at radius 3 is 2.42 bits per heavy atom. The number of aryl methyl sites for hydroxylation is 1. The summed E-state index contributed by atoms with van der Waals surface area (Å²) in [4.78, 5) is 12.6. The molecule has 0 aromatic heterocycles. The number of hydrogen-bond acceptors (Lipinski definition) is 2. The molecule has 2 atom stereocenters. The van der Waals surface area contributed by atoms with Gasteiger partial charge in [-0.25, -0.2) is 0 Å². The molecule has 128 valence electrons. The summed E-state index contributed by atoms with van der Waals surface area (Å²) in [5, 5.41) is 3.78. The summed E-state index contributed by atoms with van der Waals surface area (Å²) in [5.41, 5.74) is 2.03. The minimum Gasteiger partial charge on any atom is -0.481 e. The molecule has 0 fully saturated rings. The van der Waals surface area contributed by atoms with Gasteiger partial charge in [-0.2, -0.15) is 0 Å². The van der Waals surface area contributed by atoms with Crippen molar-refractivity contribution in [1.82, 2.24) is 5.32 Å². The van der Waals surface area contributed by atoms with E-state index in [-0.39, 0.29) is 11.9 Å². The second-order valence-corrected chi connectivity index (χ2v) is 6.21. The van der Waals surface area contributed by atoms with Gasteiger partial charge in [0.05, 0.1) is 6.04 Å². The van der Waals surface area contributed by atoms with Crippen molar-refractivity contribution in [3.63, 3.8) is 0 Å². The quantitative estimate of drug-likeness (QED) is 0.760. The SMILES string of the molecule is CCC(Oc1ccc(Cl)c(C)c1)C(=O)NC(CC)c1ccccc1. The fourth-order valence-electron chi connectivity index (χ4n) is 2.55. The largest absolute Gasteiger partial charge is 0.481 e. The van der Waals surface area contributed by atoms with Crippen molar-refractivity contribution in [2.45, 2.75) is 45.8 Å². The highest BCUT2D eigenvalue weighted by molar-refractivity contribution is 6.31. The molecule has 0 spiro atoms. The fourth-order valence-corrected chi connectivity index (χ4v) is 2.67. The molecule has 3 nitrogen and oxygen atoms in total. The van der Waals surface area contributed by atoms with Crippen LogP contribution in [-0.2, 0) is 4.79 Å². The molecule has 0 saturated carbocycles. The smallest absolute Gasteiger partial charge is 0.261 e. The lowest BCUT2D eigenvalue weighted by Crippen LogP contribution is -2.39. The van der Waals surface area contributed by atoms with Gasteiger partial charge in [-0.1, -0.05) is 55.8 Å². The lowest BCUT2D eigenvalue weighted by Gasteiger charge is -2.22. The lowest BCUT2D eigenvalue weighted by atomic mass is 10.0. The first-order chi connectivity index (χ1) is 11.5. The molecule has 1 amide bonds. The topological polar surface area (TPSA) is 38.3 Å². The van der Waals surface area contributed by atoms with Gasteiger partial charge in [-0.05, 0) is 49.1 Å². The molecule has 0 bridgehead atoms. The van der Waals surface area contributed by atoms with Crippen molar-refractivity contribution < 1.29 is 9.53 Å². The lowest BCUT2D eigenvalue weighted by molar-refractivity contribution is -0.128. The first kappa shape index (κ1) is 18.3. The highest BCUT2D eigenvalue weighted by Gasteiger charge is 2.22. The molecule has 0 aliphatic carbocycles. The van der Waals surface area contributed by atoms with E-state index in [4.69, 9.17) is 16.3 Å². The van der Waals surface area contributed by atoms with Gasteiger partial charge >= 0.3 is 0 Å². The average molecular weight is 346 g/mol. The third-order valence-corrected chi connectivity index (χ3v) is 4.42. The van der Waals surface area contributed by atoms with E-state index in [2.05, 4.69) is 12.2 Å². The minimum atomic E-state index is -0.525. The van der Waals surface area contributed by atoms with Crippen LogP contribution in [0.5, 0.6) is 5.75 Å². The van der Waals surface area contributed by atoms with Crippen molar-refractivity contribution in [2.75, 3.05) is 0 Å². The Labute approximate surface area is 149 Å². The molecule has 4 heteroatoms. The first-order valence-electron chi connectivity index (χ1n) is 8.33. The highest BCUT2D eigenvalue weighted by atomic mass is 35.5. The molecule has 2 aromatic carbocycles. The zero-order valence-corrected chi connectivity index (χ0v) is 15.1. The molecule has 1 N–H and O–H groups in total. The third-order valence-electron chi connectivity index (χ3n) is 4.00. The second-order valence-electron chi connectivity index (χ2n) is 5.81. The van der Waals surface area contributed by atoms with Crippen LogP contribution in [0.4, 0.5) is 0 Å². The Bertz CT molecular complexity index is 673. The van der Waals surface area contributed by atoms with Crippen molar-refractivity contribution in [2.24, 2.45) is 0 Å². The number of carbonyl (C=O) groups is 1. The molecule has 2 aromatic rings. The van der Waals surface area contributed by atoms with E-state index >= 15 is 0 Å². The van der Waals surface area contributed by atoms with Gasteiger partial charge in [0.15, 0.2) is 6.10 Å². The van der Waals surface area contributed by atoms with Gasteiger partial charge in [0.1, 0.15) is 5.75 Å². The summed E-state index contributed by atoms with van der Waals surface area (Å²) in [6, 6.07) is 15.4. The zero-order valence-electron chi connectivity index (χ0n) is 14.4. The van der Waals surface area contributed by atoms with Crippen LogP contribution in [0.1, 0.15) is 43.9 Å². The number of hydrogen-bond donors (Lipinski definition) is 1. The maximum absolute atomic E-state index is 12.6. The van der Waals surface area contributed by atoms with E-state index in [1.165, 1.54) is 0 Å². The van der Waals surface area contributed by atoms with Crippen LogP contribution in [0.15, 0.2) is 48.5 Å². The van der Waals surface area contributed by atoms with Crippen LogP contribution >= 0.6 is 11.6 Å². The molecular weight excluding hydrogens is 322 g/mol. The molecule has 2 rings (SSSR count). The van der Waals surface area contributed by atoms with Crippen molar-refractivity contribution in [3.05, 3.63) is 64.7 Å². The summed E-state index contributed by atoms with van der Waals surface area (Å²) >= 11 is 6.03. The van der Waals surface area contributed by atoms with Crippen LogP contribution < -0.4 is 10.1 Å². The number of rotatable bonds is 7. The maximum atomic E-state index is 12.6. The van der Waals surface area contributed by atoms with E-state index < -0.39 is 6.10 Å². The summed E-state index contributed by atoms with van der Waals surface area (Å²) in [7, 11) is 0. The summed E-state index contributed by atoms with van der Waals surface area (Å²) in [6.07, 6.45) is 0.897. The standard InChI is InChI=1S/C20H24ClNO2/c1-4-18(15-9-7-6-8-10-15)22-20(23)19(5-2)24-16-11-12-17(21)14(3)13-16/h6-13,18-19H,4-5H2,1-3H3,(H,22,23). The van der Waals surface area contributed by atoms with E-state index in [0.717, 1.165) is 17.5 Å². The molecule has 0 aliphatic heterocycles. The molecular formula is C20H24ClNO2. The average Bonchev–Trinajstić information content (AvgIpc) is 2.61. The minimum absolute atomic E-state index is 0.0108. The number of halogens is 1. The van der Waals surface area contributed by atoms with Gasteiger partial charge in [0, 0.05) is 5.02 Å². The van der Waals surface area contributed by atoms with E-state index in [9.17, 15) is 4.79 Å². The highest BCUT2D eigenvalue weighted by Crippen LogP contribution is 2.23. The van der Waals surface area contributed by atoms with E-state index in [1.807, 2.05) is 50.2 Å². The second kappa shape index (κ2) is 8.74. The number of carbonyl (C=O) groups excluding carboxylic acids is 1. The van der Waals surface area contributed by atoms with Gasteiger partial charge in [-0.15, -0.1) is 0 Å². The van der Waals surface area contributed by atoms with E-state index in [1.54, 1.807) is 12.1 Å². The Hall–Kier alpha value is -2.00. The normalized spacial score (nSPS) is 13.2. The van der Waals surface area contributed by atoms with Crippen LogP contribution in [0, 0.1) is 6.92 Å². The molecule has 24 heavy (non-hydrogen) atoms. The van der Waals surface area contributed by atoms with Crippen molar-refractivity contribution >= 4 is 17.5 Å². The molecule has 0 aliphatic rings. The van der Waals surface area contributed by atoms with Gasteiger partial charge in [-0.3, -0.25) is 4.79 Å². The van der Waals surface area contributed by atoms with Crippen LogP contribution in [-0.4, -0.2) is 12.0 Å². The summed E-state index contributed by atoms with van der Waals surface area (Å²) in [5.74, 6) is 0.562. The molecule has 2 unspecified atom stereocenters. The monoisotopic (exact) mass is 345 g/mol. The van der Waals surface area contributed by atoms with Crippen LogP contribution in [0.25, 0.3) is 0 Å². The fraction of sp³-hybridized carbons (Fsp3) is 0.350. The van der Waals surface area contributed by atoms with E-state index in [0.29, 0.717) is 17.2 Å². The van der Waals surface area contributed by atoms with Crippen LogP contribution in [0.2, 0.25) is 5.02 Å². The predicted octanol–water partition coefficient (Wildman–Crippen LogP) is 5.07. The molecule has 0 radical (unpaired) electrons. The predicted molar refractivity (Wildman–Crippen MR) is 98.5 cm³/mol. The first-order valence-corrected chi connectivity index (χ1v) is 8.71. The number of benzene rings is 2. The Morgan fingerprint density at radius 2 is 1.83 bits per heavy atom. The van der Waals surface area contributed by atoms with Gasteiger partial charge < -0.3 is 10.1 Å².